The van der Waals surface area contributed by atoms with Gasteiger partial charge in [0.25, 0.3) is 17.5 Å². The average Bonchev–Trinajstić information content (AvgIpc) is 2.96. The third-order valence-electron chi connectivity index (χ3n) is 6.42. The van der Waals surface area contributed by atoms with Crippen LogP contribution in [0.25, 0.3) is 6.08 Å². The predicted molar refractivity (Wildman–Crippen MR) is 169 cm³/mol. The van der Waals surface area contributed by atoms with Crippen molar-refractivity contribution >= 4 is 87.2 Å². The van der Waals surface area contributed by atoms with Gasteiger partial charge in [-0.1, -0.05) is 59.2 Å². The van der Waals surface area contributed by atoms with E-state index in [0.29, 0.717) is 31.3 Å². The van der Waals surface area contributed by atoms with Crippen LogP contribution in [0, 0.1) is 24.0 Å². The van der Waals surface area contributed by atoms with Crippen LogP contribution in [-0.2, 0) is 9.59 Å². The fraction of sp³-hybridized carbons (Fsp3) is 0.0667. The molecule has 0 saturated carbocycles. The summed E-state index contributed by atoms with van der Waals surface area (Å²) in [4.78, 5) is 46.2. The number of nitro benzene ring substituents is 1. The second-order valence-electron chi connectivity index (χ2n) is 9.24. The molecule has 0 spiro atoms. The third kappa shape index (κ3) is 5.79. The molecule has 0 bridgehead atoms. The number of carbonyl (C=O) groups excluding carboxylic acids is 2. The quantitative estimate of drug-likeness (QED) is 0.0701. The number of anilines is 2. The summed E-state index contributed by atoms with van der Waals surface area (Å²) in [5.74, 6) is -1.40. The fourth-order valence-corrected chi connectivity index (χ4v) is 5.75. The van der Waals surface area contributed by atoms with Gasteiger partial charge in [0.2, 0.25) is 0 Å². The van der Waals surface area contributed by atoms with Gasteiger partial charge in [-0.3, -0.25) is 29.5 Å². The van der Waals surface area contributed by atoms with Gasteiger partial charge in [-0.15, -0.1) is 0 Å². The number of aromatic nitrogens is 1. The van der Waals surface area contributed by atoms with Crippen molar-refractivity contribution in [3.05, 3.63) is 121 Å². The molecule has 0 N–H and O–H groups in total. The van der Waals surface area contributed by atoms with Crippen molar-refractivity contribution in [3.8, 4) is 0 Å². The highest BCUT2D eigenvalue weighted by Gasteiger charge is 2.41. The number of nitro groups is 1. The lowest BCUT2D eigenvalue weighted by atomic mass is 10.0. The van der Waals surface area contributed by atoms with Crippen LogP contribution in [0.3, 0.4) is 0 Å². The number of benzene rings is 3. The Kier molecular flexibility index (Phi) is 8.42. The number of pyridine rings is 1. The molecule has 0 radical (unpaired) electrons. The molecule has 0 aliphatic carbocycles. The normalized spacial score (nSPS) is 13.5. The van der Waals surface area contributed by atoms with Crippen LogP contribution in [0.4, 0.5) is 17.1 Å². The summed E-state index contributed by atoms with van der Waals surface area (Å²) in [7, 11) is 0. The SMILES string of the molecule is Cc1ccc(N2C(=O)C(=Cc3ccc(Sc4ccccn4)c([N+](=O)[O-])c3)C(=O)N(c3ccc(C)c(Cl)c3)C2=S)cc1Cl. The highest BCUT2D eigenvalue weighted by molar-refractivity contribution is 7.99. The molecule has 1 fully saturated rings. The molecule has 12 heteroatoms. The zero-order valence-electron chi connectivity index (χ0n) is 22.1. The standard InChI is InChI=1S/C30H20Cl2N4O4S2/c1-17-6-9-20(15-23(17)31)34-28(37)22(29(38)35(30(34)41)21-10-7-18(2)24(32)16-21)13-19-8-11-26(25(14-19)36(39)40)42-27-5-3-4-12-33-27/h3-16H,1-2H3. The van der Waals surface area contributed by atoms with Gasteiger partial charge in [0.05, 0.1) is 21.2 Å². The van der Waals surface area contributed by atoms with Gasteiger partial charge >= 0.3 is 0 Å². The number of halogens is 2. The topological polar surface area (TPSA) is 96.6 Å². The van der Waals surface area contributed by atoms with Crippen molar-refractivity contribution in [2.24, 2.45) is 0 Å². The van der Waals surface area contributed by atoms with E-state index < -0.39 is 16.7 Å². The average molecular weight is 636 g/mol. The van der Waals surface area contributed by atoms with Crippen molar-refractivity contribution in [2.45, 2.75) is 23.8 Å². The van der Waals surface area contributed by atoms with E-state index in [-0.39, 0.29) is 21.9 Å². The summed E-state index contributed by atoms with van der Waals surface area (Å²) in [6.45, 7) is 3.64. The summed E-state index contributed by atoms with van der Waals surface area (Å²) in [5, 5.41) is 13.3. The van der Waals surface area contributed by atoms with E-state index in [2.05, 4.69) is 4.98 Å². The second-order valence-corrected chi connectivity index (χ2v) is 11.5. The molecule has 8 nitrogen and oxygen atoms in total. The zero-order valence-corrected chi connectivity index (χ0v) is 25.2. The number of aryl methyl sites for hydroxylation is 2. The van der Waals surface area contributed by atoms with Crippen LogP contribution in [0.5, 0.6) is 0 Å². The minimum absolute atomic E-state index is 0.0879. The molecule has 1 aliphatic heterocycles. The Bertz CT molecular complexity index is 1740. The highest BCUT2D eigenvalue weighted by atomic mass is 35.5. The first-order valence-corrected chi connectivity index (χ1v) is 14.4. The Hall–Kier alpha value is -4.09. The fourth-order valence-electron chi connectivity index (χ4n) is 4.17. The number of nitrogens with zero attached hydrogens (tertiary/aromatic N) is 4. The lowest BCUT2D eigenvalue weighted by Gasteiger charge is -2.36. The minimum Gasteiger partial charge on any atom is -0.268 e. The van der Waals surface area contributed by atoms with Gasteiger partial charge in [-0.2, -0.15) is 0 Å². The molecule has 2 amide bonds. The molecule has 5 rings (SSSR count). The number of carbonyl (C=O) groups is 2. The van der Waals surface area contributed by atoms with Crippen molar-refractivity contribution in [2.75, 3.05) is 9.80 Å². The summed E-state index contributed by atoms with van der Waals surface area (Å²) < 4.78 is 0. The Morgan fingerprint density at radius 1 is 0.881 bits per heavy atom. The van der Waals surface area contributed by atoms with E-state index in [1.165, 1.54) is 21.9 Å². The lowest BCUT2D eigenvalue weighted by Crippen LogP contribution is -2.57. The molecule has 210 valence electrons. The van der Waals surface area contributed by atoms with E-state index in [1.807, 2.05) is 13.8 Å². The first kappa shape index (κ1) is 29.4. The highest BCUT2D eigenvalue weighted by Crippen LogP contribution is 2.36. The second kappa shape index (κ2) is 12.0. The maximum Gasteiger partial charge on any atom is 0.283 e. The molecule has 3 aromatic carbocycles. The van der Waals surface area contributed by atoms with E-state index in [1.54, 1.807) is 72.9 Å². The van der Waals surface area contributed by atoms with Gasteiger partial charge in [0.1, 0.15) is 10.6 Å². The first-order valence-electron chi connectivity index (χ1n) is 12.4. The molecule has 42 heavy (non-hydrogen) atoms. The summed E-state index contributed by atoms with van der Waals surface area (Å²) >= 11 is 19.5. The van der Waals surface area contributed by atoms with E-state index in [4.69, 9.17) is 35.4 Å². The molecule has 4 aromatic rings. The van der Waals surface area contributed by atoms with Gasteiger partial charge in [-0.25, -0.2) is 4.98 Å². The summed E-state index contributed by atoms with van der Waals surface area (Å²) in [6, 6.07) is 19.7. The van der Waals surface area contributed by atoms with Crippen LogP contribution < -0.4 is 9.80 Å². The lowest BCUT2D eigenvalue weighted by molar-refractivity contribution is -0.387. The molecule has 0 unspecified atom stereocenters. The first-order chi connectivity index (χ1) is 20.0. The Morgan fingerprint density at radius 3 is 1.98 bits per heavy atom. The molecule has 0 atom stereocenters. The number of thiocarbonyl (C=S) groups is 1. The minimum atomic E-state index is -0.700. The number of rotatable bonds is 6. The molecular weight excluding hydrogens is 615 g/mol. The maximum atomic E-state index is 13.9. The third-order valence-corrected chi connectivity index (χ3v) is 8.62. The van der Waals surface area contributed by atoms with Gasteiger partial charge in [-0.05, 0) is 91.3 Å². The van der Waals surface area contributed by atoms with Crippen LogP contribution >= 0.6 is 47.2 Å². The molecule has 1 aromatic heterocycles. The van der Waals surface area contributed by atoms with Gasteiger partial charge < -0.3 is 0 Å². The molecular formula is C30H20Cl2N4O4S2. The number of hydrogen-bond acceptors (Lipinski definition) is 7. The number of amides is 2. The molecule has 1 aliphatic rings. The van der Waals surface area contributed by atoms with Crippen LogP contribution in [-0.4, -0.2) is 26.8 Å². The molecule has 2 heterocycles. The van der Waals surface area contributed by atoms with Crippen molar-refractivity contribution in [3.63, 3.8) is 0 Å². The van der Waals surface area contributed by atoms with E-state index >= 15 is 0 Å². The van der Waals surface area contributed by atoms with Crippen molar-refractivity contribution < 1.29 is 14.5 Å². The Balaban J connectivity index is 1.63. The number of hydrogen-bond donors (Lipinski definition) is 0. The summed E-state index contributed by atoms with van der Waals surface area (Å²) in [6.07, 6.45) is 2.91. The van der Waals surface area contributed by atoms with Crippen molar-refractivity contribution in [1.82, 2.24) is 4.98 Å². The van der Waals surface area contributed by atoms with Crippen molar-refractivity contribution in [1.29, 1.82) is 0 Å². The van der Waals surface area contributed by atoms with Crippen LogP contribution in [0.15, 0.2) is 94.5 Å². The van der Waals surface area contributed by atoms with Gasteiger partial charge in [0, 0.05) is 22.3 Å². The predicted octanol–water partition coefficient (Wildman–Crippen LogP) is 7.81. The smallest absolute Gasteiger partial charge is 0.268 e. The Labute approximate surface area is 260 Å². The summed E-state index contributed by atoms with van der Waals surface area (Å²) in [5.41, 5.74) is 2.12. The Morgan fingerprint density at radius 2 is 1.48 bits per heavy atom. The van der Waals surface area contributed by atoms with Crippen LogP contribution in [0.2, 0.25) is 10.0 Å². The largest absolute Gasteiger partial charge is 0.283 e. The maximum absolute atomic E-state index is 13.9. The van der Waals surface area contributed by atoms with E-state index in [9.17, 15) is 19.7 Å². The van der Waals surface area contributed by atoms with Crippen LogP contribution in [0.1, 0.15) is 16.7 Å². The van der Waals surface area contributed by atoms with Gasteiger partial charge in [0.15, 0.2) is 5.11 Å². The zero-order chi connectivity index (χ0) is 30.1. The molecule has 1 saturated heterocycles. The van der Waals surface area contributed by atoms with E-state index in [0.717, 1.165) is 22.9 Å². The monoisotopic (exact) mass is 634 g/mol.